The molecule has 0 saturated carbocycles. The number of carbonyl (C=O) groups excluding carboxylic acids is 1. The second kappa shape index (κ2) is 5.36. The van der Waals surface area contributed by atoms with Crippen molar-refractivity contribution in [3.05, 3.63) is 52.8 Å². The van der Waals surface area contributed by atoms with E-state index < -0.39 is 23.3 Å². The maximum Gasteiger partial charge on any atom is 0.433 e. The minimum Gasteiger partial charge on any atom is -0.348 e. The molecule has 0 aliphatic carbocycles. The second-order valence-electron chi connectivity index (χ2n) is 4.27. The number of amides is 1. The smallest absolute Gasteiger partial charge is 0.348 e. The monoisotopic (exact) mass is 283 g/mol. The van der Waals surface area contributed by atoms with Gasteiger partial charge in [0.1, 0.15) is 0 Å². The number of rotatable bonds is 3. The Morgan fingerprint density at radius 3 is 2.70 bits per heavy atom. The highest BCUT2D eigenvalue weighted by Crippen LogP contribution is 2.29. The van der Waals surface area contributed by atoms with Gasteiger partial charge >= 0.3 is 6.18 Å². The Kier molecular flexibility index (Phi) is 3.78. The maximum atomic E-state index is 12.6. The van der Waals surface area contributed by atoms with E-state index in [0.29, 0.717) is 0 Å². The number of halogens is 3. The molecule has 0 aliphatic rings. The summed E-state index contributed by atoms with van der Waals surface area (Å²) >= 11 is 0. The Balaban J connectivity index is 2.10. The Hall–Kier alpha value is -2.31. The molecule has 1 amide bonds. The molecule has 1 aromatic heterocycles. The van der Waals surface area contributed by atoms with Crippen LogP contribution in [0.25, 0.3) is 0 Å². The van der Waals surface area contributed by atoms with E-state index in [9.17, 15) is 18.0 Å². The number of aromatic nitrogens is 2. The number of aromatic amines is 1. The number of hydrogen-bond acceptors (Lipinski definition) is 2. The number of hydrogen-bond donors (Lipinski definition) is 2. The van der Waals surface area contributed by atoms with Gasteiger partial charge < -0.3 is 5.32 Å². The summed E-state index contributed by atoms with van der Waals surface area (Å²) in [6.07, 6.45) is -3.76. The lowest BCUT2D eigenvalue weighted by molar-refractivity contribution is -0.141. The molecule has 0 unspecified atom stereocenters. The minimum absolute atomic E-state index is 0.161. The Morgan fingerprint density at radius 1 is 1.35 bits per heavy atom. The fraction of sp³-hybridized carbons (Fsp3) is 0.231. The van der Waals surface area contributed by atoms with E-state index in [1.54, 1.807) is 17.2 Å². The summed E-state index contributed by atoms with van der Waals surface area (Å²) in [6, 6.07) is 7.31. The molecule has 20 heavy (non-hydrogen) atoms. The summed E-state index contributed by atoms with van der Waals surface area (Å²) in [5.41, 5.74) is 0.153. The van der Waals surface area contributed by atoms with Gasteiger partial charge in [0.15, 0.2) is 5.69 Å². The zero-order valence-electron chi connectivity index (χ0n) is 10.6. The van der Waals surface area contributed by atoms with Crippen LogP contribution in [0.4, 0.5) is 13.2 Å². The molecular formula is C13H12F3N3O. The fourth-order valence-corrected chi connectivity index (χ4v) is 1.75. The molecule has 0 bridgehead atoms. The highest BCUT2D eigenvalue weighted by molar-refractivity contribution is 5.95. The van der Waals surface area contributed by atoms with Gasteiger partial charge in [-0.3, -0.25) is 9.89 Å². The van der Waals surface area contributed by atoms with Crippen molar-refractivity contribution in [1.29, 1.82) is 0 Å². The molecule has 0 spiro atoms. The number of alkyl halides is 3. The summed E-state index contributed by atoms with van der Waals surface area (Å²) < 4.78 is 37.9. The molecule has 106 valence electrons. The number of nitrogens with one attached hydrogen (secondary N) is 2. The first-order valence-corrected chi connectivity index (χ1v) is 5.83. The van der Waals surface area contributed by atoms with Crippen molar-refractivity contribution in [1.82, 2.24) is 15.5 Å². The molecular weight excluding hydrogens is 271 g/mol. The average Bonchev–Trinajstić information content (AvgIpc) is 2.86. The van der Waals surface area contributed by atoms with Gasteiger partial charge in [-0.05, 0) is 18.1 Å². The topological polar surface area (TPSA) is 57.8 Å². The fourth-order valence-electron chi connectivity index (χ4n) is 1.75. The molecule has 0 atom stereocenters. The van der Waals surface area contributed by atoms with E-state index in [0.717, 1.165) is 17.3 Å². The van der Waals surface area contributed by atoms with Crippen LogP contribution in [0.3, 0.4) is 0 Å². The molecule has 2 N–H and O–H groups in total. The number of H-pyrrole nitrogens is 1. The summed E-state index contributed by atoms with van der Waals surface area (Å²) in [5, 5.41) is 7.53. The van der Waals surface area contributed by atoms with Crippen LogP contribution in [-0.4, -0.2) is 16.1 Å². The van der Waals surface area contributed by atoms with E-state index in [1.165, 1.54) is 0 Å². The zero-order valence-corrected chi connectivity index (χ0v) is 10.6. The SMILES string of the molecule is Cc1ccccc1CNC(=O)c1cn[nH]c1C(F)(F)F. The maximum absolute atomic E-state index is 12.6. The van der Waals surface area contributed by atoms with E-state index >= 15 is 0 Å². The van der Waals surface area contributed by atoms with Crippen molar-refractivity contribution >= 4 is 5.91 Å². The first kappa shape index (κ1) is 14.1. The molecule has 2 aromatic rings. The van der Waals surface area contributed by atoms with Crippen molar-refractivity contribution in [2.75, 3.05) is 0 Å². The van der Waals surface area contributed by atoms with Crippen LogP contribution in [0.15, 0.2) is 30.5 Å². The molecule has 7 heteroatoms. The molecule has 1 aromatic carbocycles. The molecule has 0 saturated heterocycles. The van der Waals surface area contributed by atoms with Crippen molar-refractivity contribution in [2.45, 2.75) is 19.6 Å². The van der Waals surface area contributed by atoms with Crippen LogP contribution >= 0.6 is 0 Å². The third kappa shape index (κ3) is 2.98. The summed E-state index contributed by atoms with van der Waals surface area (Å²) in [7, 11) is 0. The molecule has 2 rings (SSSR count). The Labute approximate surface area is 113 Å². The molecule has 4 nitrogen and oxygen atoms in total. The quantitative estimate of drug-likeness (QED) is 0.909. The lowest BCUT2D eigenvalue weighted by Gasteiger charge is -2.09. The number of aryl methyl sites for hydroxylation is 1. The predicted octanol–water partition coefficient (Wildman–Crippen LogP) is 2.67. The van der Waals surface area contributed by atoms with Crippen LogP contribution in [0.1, 0.15) is 27.2 Å². The third-order valence-corrected chi connectivity index (χ3v) is 2.87. The summed E-state index contributed by atoms with van der Waals surface area (Å²) in [6.45, 7) is 2.02. The van der Waals surface area contributed by atoms with Gasteiger partial charge in [-0.1, -0.05) is 24.3 Å². The van der Waals surface area contributed by atoms with Gasteiger partial charge in [0.25, 0.3) is 5.91 Å². The lowest BCUT2D eigenvalue weighted by atomic mass is 10.1. The highest BCUT2D eigenvalue weighted by atomic mass is 19.4. The number of benzene rings is 1. The van der Waals surface area contributed by atoms with Gasteiger partial charge in [-0.2, -0.15) is 18.3 Å². The van der Waals surface area contributed by atoms with E-state index in [-0.39, 0.29) is 6.54 Å². The standard InChI is InChI=1S/C13H12F3N3O/c1-8-4-2-3-5-9(8)6-17-12(20)10-7-18-19-11(10)13(14,15)16/h2-5,7H,6H2,1H3,(H,17,20)(H,18,19). The molecule has 1 heterocycles. The second-order valence-corrected chi connectivity index (χ2v) is 4.27. The van der Waals surface area contributed by atoms with Crippen LogP contribution in [0.5, 0.6) is 0 Å². The van der Waals surface area contributed by atoms with Gasteiger partial charge in [-0.15, -0.1) is 0 Å². The first-order chi connectivity index (χ1) is 9.39. The van der Waals surface area contributed by atoms with Crippen LogP contribution in [-0.2, 0) is 12.7 Å². The van der Waals surface area contributed by atoms with Gasteiger partial charge in [0, 0.05) is 6.54 Å². The van der Waals surface area contributed by atoms with Crippen molar-refractivity contribution in [3.8, 4) is 0 Å². The first-order valence-electron chi connectivity index (χ1n) is 5.83. The minimum atomic E-state index is -4.63. The predicted molar refractivity (Wildman–Crippen MR) is 65.9 cm³/mol. The number of nitrogens with zero attached hydrogens (tertiary/aromatic N) is 1. The molecule has 0 aliphatic heterocycles. The third-order valence-electron chi connectivity index (χ3n) is 2.87. The van der Waals surface area contributed by atoms with Gasteiger partial charge in [0.2, 0.25) is 0 Å². The van der Waals surface area contributed by atoms with Crippen molar-refractivity contribution < 1.29 is 18.0 Å². The van der Waals surface area contributed by atoms with E-state index in [4.69, 9.17) is 0 Å². The average molecular weight is 283 g/mol. The normalized spacial score (nSPS) is 11.4. The van der Waals surface area contributed by atoms with Gasteiger partial charge in [0.05, 0.1) is 11.8 Å². The summed E-state index contributed by atoms with van der Waals surface area (Å²) in [4.78, 5) is 11.8. The van der Waals surface area contributed by atoms with Gasteiger partial charge in [-0.25, -0.2) is 0 Å². The van der Waals surface area contributed by atoms with E-state index in [2.05, 4.69) is 10.4 Å². The van der Waals surface area contributed by atoms with Crippen molar-refractivity contribution in [3.63, 3.8) is 0 Å². The van der Waals surface area contributed by atoms with Crippen LogP contribution in [0.2, 0.25) is 0 Å². The highest BCUT2D eigenvalue weighted by Gasteiger charge is 2.37. The molecule has 0 radical (unpaired) electrons. The van der Waals surface area contributed by atoms with E-state index in [1.807, 2.05) is 19.1 Å². The van der Waals surface area contributed by atoms with Crippen LogP contribution < -0.4 is 5.32 Å². The molecule has 0 fully saturated rings. The summed E-state index contributed by atoms with van der Waals surface area (Å²) in [5.74, 6) is -0.811. The van der Waals surface area contributed by atoms with Crippen molar-refractivity contribution in [2.24, 2.45) is 0 Å². The number of carbonyl (C=O) groups is 1. The van der Waals surface area contributed by atoms with Crippen LogP contribution in [0, 0.1) is 6.92 Å². The Morgan fingerprint density at radius 2 is 2.05 bits per heavy atom. The Bertz CT molecular complexity index is 619. The zero-order chi connectivity index (χ0) is 14.8. The largest absolute Gasteiger partial charge is 0.433 e. The lowest BCUT2D eigenvalue weighted by Crippen LogP contribution is -2.25.